The van der Waals surface area contributed by atoms with Gasteiger partial charge in [-0.2, -0.15) is 0 Å². The van der Waals surface area contributed by atoms with Gasteiger partial charge < -0.3 is 15.0 Å². The Bertz CT molecular complexity index is 1200. The van der Waals surface area contributed by atoms with Gasteiger partial charge in [0.2, 0.25) is 0 Å². The van der Waals surface area contributed by atoms with Crippen LogP contribution in [-0.2, 0) is 11.2 Å². The maximum atomic E-state index is 5.90. The molecular formula is C28H31N5O. The number of morpholine rings is 1. The molecule has 1 saturated heterocycles. The van der Waals surface area contributed by atoms with Crippen molar-refractivity contribution in [3.05, 3.63) is 95.9 Å². The number of benzene rings is 1. The van der Waals surface area contributed by atoms with Gasteiger partial charge in [-0.05, 0) is 38.0 Å². The Balaban J connectivity index is 1.32. The number of aromatic nitrogens is 3. The summed E-state index contributed by atoms with van der Waals surface area (Å²) in [5.74, 6) is 0.605. The first-order valence-electron chi connectivity index (χ1n) is 11.9. The molecule has 3 aromatic rings. The average Bonchev–Trinajstić information content (AvgIpc) is 3.27. The molecule has 0 spiro atoms. The number of nitrogens with one attached hydrogen (secondary N) is 1. The third kappa shape index (κ3) is 4.59. The second-order valence-corrected chi connectivity index (χ2v) is 9.22. The molecule has 34 heavy (non-hydrogen) atoms. The van der Waals surface area contributed by atoms with E-state index in [0.29, 0.717) is 11.5 Å². The maximum absolute atomic E-state index is 5.90. The lowest BCUT2D eigenvalue weighted by molar-refractivity contribution is -0.00523. The van der Waals surface area contributed by atoms with Crippen molar-refractivity contribution < 1.29 is 4.74 Å². The summed E-state index contributed by atoms with van der Waals surface area (Å²) in [4.78, 5) is 16.4. The van der Waals surface area contributed by atoms with Crippen LogP contribution >= 0.6 is 0 Å². The lowest BCUT2D eigenvalue weighted by Gasteiger charge is -2.36. The van der Waals surface area contributed by atoms with Crippen LogP contribution in [-0.4, -0.2) is 40.2 Å². The highest BCUT2D eigenvalue weighted by atomic mass is 16.5. The molecule has 3 atom stereocenters. The first-order valence-corrected chi connectivity index (χ1v) is 11.9. The van der Waals surface area contributed by atoms with Gasteiger partial charge in [-0.1, -0.05) is 43.0 Å². The predicted octanol–water partition coefficient (Wildman–Crippen LogP) is 4.79. The highest BCUT2D eigenvalue weighted by Gasteiger charge is 2.25. The van der Waals surface area contributed by atoms with E-state index in [9.17, 15) is 0 Å². The average molecular weight is 454 g/mol. The lowest BCUT2D eigenvalue weighted by atomic mass is 10.0. The van der Waals surface area contributed by atoms with Crippen LogP contribution in [0.1, 0.15) is 55.0 Å². The summed E-state index contributed by atoms with van der Waals surface area (Å²) in [6, 6.07) is 12.7. The zero-order chi connectivity index (χ0) is 23.7. The van der Waals surface area contributed by atoms with Gasteiger partial charge in [0.05, 0.1) is 35.5 Å². The second kappa shape index (κ2) is 9.39. The summed E-state index contributed by atoms with van der Waals surface area (Å²) >= 11 is 0. The van der Waals surface area contributed by atoms with Gasteiger partial charge >= 0.3 is 0 Å². The molecule has 0 amide bonds. The number of pyridine rings is 1. The topological polar surface area (TPSA) is 63.2 Å². The number of anilines is 1. The SMILES string of the molecule is C=C(N[C@@H](C)c1ccccc1)c1ncc(C2=CCc3ncc(N4C[C@@H](C)O[C@@H](C)C4)cc32)cn1. The Morgan fingerprint density at radius 3 is 2.47 bits per heavy atom. The van der Waals surface area contributed by atoms with E-state index in [2.05, 4.69) is 71.8 Å². The molecule has 1 fully saturated rings. The molecule has 2 aromatic heterocycles. The largest absolute Gasteiger partial charge is 0.376 e. The van der Waals surface area contributed by atoms with Crippen molar-refractivity contribution in [2.45, 2.75) is 45.4 Å². The maximum Gasteiger partial charge on any atom is 0.174 e. The monoisotopic (exact) mass is 453 g/mol. The summed E-state index contributed by atoms with van der Waals surface area (Å²) in [6.07, 6.45) is 9.21. The minimum Gasteiger partial charge on any atom is -0.376 e. The van der Waals surface area contributed by atoms with Crippen LogP contribution in [0.25, 0.3) is 11.3 Å². The van der Waals surface area contributed by atoms with Crippen LogP contribution < -0.4 is 10.2 Å². The fraction of sp³-hybridized carbons (Fsp3) is 0.321. The van der Waals surface area contributed by atoms with Crippen LogP contribution in [0.4, 0.5) is 5.69 Å². The number of hydrogen-bond donors (Lipinski definition) is 1. The van der Waals surface area contributed by atoms with E-state index in [4.69, 9.17) is 9.72 Å². The Morgan fingerprint density at radius 2 is 1.76 bits per heavy atom. The van der Waals surface area contributed by atoms with Crippen molar-refractivity contribution in [1.82, 2.24) is 20.3 Å². The van der Waals surface area contributed by atoms with Crippen molar-refractivity contribution in [3.8, 4) is 0 Å². The minimum atomic E-state index is 0.122. The van der Waals surface area contributed by atoms with Crippen molar-refractivity contribution in [2.24, 2.45) is 0 Å². The number of allylic oxidation sites excluding steroid dienone is 1. The van der Waals surface area contributed by atoms with Crippen molar-refractivity contribution in [3.63, 3.8) is 0 Å². The summed E-state index contributed by atoms with van der Waals surface area (Å²) in [5, 5.41) is 3.41. The van der Waals surface area contributed by atoms with Crippen LogP contribution in [0, 0.1) is 0 Å². The molecule has 6 nitrogen and oxygen atoms in total. The number of ether oxygens (including phenoxy) is 1. The minimum absolute atomic E-state index is 0.122. The summed E-state index contributed by atoms with van der Waals surface area (Å²) in [6.45, 7) is 12.2. The zero-order valence-electron chi connectivity index (χ0n) is 20.0. The molecule has 5 rings (SSSR count). The standard InChI is InChI=1S/C28H31N5O/c1-18-16-33(17-19(2)34-18)24-12-26-25(10-11-27(26)29-15-24)23-13-30-28(31-14-23)21(4)32-20(3)22-8-6-5-7-9-22/h5-10,12-15,18-20,32H,4,11,16-17H2,1-3H3/t18-,19+,20-/m0/s1. The van der Waals surface area contributed by atoms with E-state index in [0.717, 1.165) is 47.6 Å². The van der Waals surface area contributed by atoms with E-state index in [1.807, 2.05) is 36.8 Å². The van der Waals surface area contributed by atoms with Crippen LogP contribution in [0.5, 0.6) is 0 Å². The van der Waals surface area contributed by atoms with Gasteiger partial charge in [0.25, 0.3) is 0 Å². The molecular weight excluding hydrogens is 422 g/mol. The quantitative estimate of drug-likeness (QED) is 0.579. The summed E-state index contributed by atoms with van der Waals surface area (Å²) in [5.41, 5.74) is 7.44. The highest BCUT2D eigenvalue weighted by Crippen LogP contribution is 2.34. The van der Waals surface area contributed by atoms with E-state index in [-0.39, 0.29) is 18.2 Å². The summed E-state index contributed by atoms with van der Waals surface area (Å²) in [7, 11) is 0. The first kappa shape index (κ1) is 22.3. The van der Waals surface area contributed by atoms with Crippen LogP contribution in [0.3, 0.4) is 0 Å². The molecule has 2 aliphatic rings. The Hall–Kier alpha value is -3.51. The van der Waals surface area contributed by atoms with Gasteiger partial charge in [0, 0.05) is 49.1 Å². The van der Waals surface area contributed by atoms with Gasteiger partial charge in [-0.3, -0.25) is 4.98 Å². The second-order valence-electron chi connectivity index (χ2n) is 9.22. The van der Waals surface area contributed by atoms with E-state index in [1.54, 1.807) is 0 Å². The highest BCUT2D eigenvalue weighted by molar-refractivity contribution is 5.84. The normalized spacial score (nSPS) is 20.4. The van der Waals surface area contributed by atoms with Crippen molar-refractivity contribution in [2.75, 3.05) is 18.0 Å². The van der Waals surface area contributed by atoms with Crippen molar-refractivity contribution >= 4 is 17.0 Å². The number of hydrogen-bond acceptors (Lipinski definition) is 6. The molecule has 6 heteroatoms. The molecule has 0 radical (unpaired) electrons. The predicted molar refractivity (Wildman–Crippen MR) is 136 cm³/mol. The third-order valence-electron chi connectivity index (χ3n) is 6.45. The molecule has 1 aliphatic carbocycles. The molecule has 1 N–H and O–H groups in total. The third-order valence-corrected chi connectivity index (χ3v) is 6.45. The van der Waals surface area contributed by atoms with Crippen molar-refractivity contribution in [1.29, 1.82) is 0 Å². The van der Waals surface area contributed by atoms with Crippen LogP contribution in [0.2, 0.25) is 0 Å². The van der Waals surface area contributed by atoms with E-state index >= 15 is 0 Å². The molecule has 0 saturated carbocycles. The van der Waals surface area contributed by atoms with Gasteiger partial charge in [-0.15, -0.1) is 0 Å². The molecule has 1 aliphatic heterocycles. The molecule has 3 heterocycles. The molecule has 174 valence electrons. The fourth-order valence-electron chi connectivity index (χ4n) is 4.80. The number of fused-ring (bicyclic) bond motifs is 1. The zero-order valence-corrected chi connectivity index (χ0v) is 20.0. The Morgan fingerprint density at radius 1 is 1.06 bits per heavy atom. The number of nitrogens with zero attached hydrogens (tertiary/aromatic N) is 4. The van der Waals surface area contributed by atoms with Gasteiger partial charge in [0.1, 0.15) is 0 Å². The lowest BCUT2D eigenvalue weighted by Crippen LogP contribution is -2.45. The van der Waals surface area contributed by atoms with Gasteiger partial charge in [-0.25, -0.2) is 9.97 Å². The van der Waals surface area contributed by atoms with Crippen LogP contribution in [0.15, 0.2) is 67.6 Å². The van der Waals surface area contributed by atoms with Gasteiger partial charge in [0.15, 0.2) is 5.82 Å². The molecule has 0 bridgehead atoms. The Kier molecular flexibility index (Phi) is 6.16. The van der Waals surface area contributed by atoms with E-state index < -0.39 is 0 Å². The van der Waals surface area contributed by atoms with E-state index in [1.165, 1.54) is 5.56 Å². The summed E-state index contributed by atoms with van der Waals surface area (Å²) < 4.78 is 5.90. The molecule has 0 unspecified atom stereocenters. The number of rotatable bonds is 6. The molecule has 1 aromatic carbocycles. The first-order chi connectivity index (χ1) is 16.5. The fourth-order valence-corrected chi connectivity index (χ4v) is 4.80. The Labute approximate surface area is 201 Å². The smallest absolute Gasteiger partial charge is 0.174 e.